The molecule has 0 bridgehead atoms. The Labute approximate surface area is 74.9 Å². The molecular formula is C9H10BrN. The lowest BCUT2D eigenvalue weighted by Gasteiger charge is -2.03. The van der Waals surface area contributed by atoms with Gasteiger partial charge in [-0.2, -0.15) is 0 Å². The monoisotopic (exact) mass is 211 g/mol. The molecule has 11 heavy (non-hydrogen) atoms. The summed E-state index contributed by atoms with van der Waals surface area (Å²) in [6.07, 6.45) is 1.18. The minimum absolute atomic E-state index is 1.09. The summed E-state index contributed by atoms with van der Waals surface area (Å²) in [5.41, 5.74) is 4.17. The number of hydrogen-bond acceptors (Lipinski definition) is 1. The fraction of sp³-hybridized carbons (Fsp3) is 0.333. The van der Waals surface area contributed by atoms with Crippen LogP contribution in [0.15, 0.2) is 16.6 Å². The number of fused-ring (bicyclic) bond motifs is 1. The van der Waals surface area contributed by atoms with Crippen LogP contribution in [0, 0.1) is 6.92 Å². The van der Waals surface area contributed by atoms with Crippen molar-refractivity contribution in [2.75, 3.05) is 11.9 Å². The van der Waals surface area contributed by atoms with Crippen molar-refractivity contribution in [3.8, 4) is 0 Å². The molecule has 0 amide bonds. The summed E-state index contributed by atoms with van der Waals surface area (Å²) in [5, 5.41) is 3.35. The maximum absolute atomic E-state index is 3.48. The lowest BCUT2D eigenvalue weighted by molar-refractivity contribution is 1.09. The zero-order valence-corrected chi connectivity index (χ0v) is 8.03. The molecule has 0 aromatic heterocycles. The molecule has 0 saturated heterocycles. The van der Waals surface area contributed by atoms with Crippen molar-refractivity contribution < 1.29 is 0 Å². The Morgan fingerprint density at radius 3 is 3.09 bits per heavy atom. The van der Waals surface area contributed by atoms with Crippen LogP contribution in [0.4, 0.5) is 5.69 Å². The van der Waals surface area contributed by atoms with Gasteiger partial charge in [-0.3, -0.25) is 0 Å². The maximum Gasteiger partial charge on any atom is 0.0387 e. The second kappa shape index (κ2) is 2.52. The third kappa shape index (κ3) is 1.16. The average molecular weight is 212 g/mol. The molecule has 0 saturated carbocycles. The molecule has 1 aliphatic rings. The predicted octanol–water partition coefficient (Wildman–Crippen LogP) is 2.73. The van der Waals surface area contributed by atoms with E-state index in [9.17, 15) is 0 Å². The van der Waals surface area contributed by atoms with Crippen molar-refractivity contribution in [1.82, 2.24) is 0 Å². The van der Waals surface area contributed by atoms with E-state index in [1.807, 2.05) is 0 Å². The van der Waals surface area contributed by atoms with Gasteiger partial charge in [0.1, 0.15) is 0 Å². The zero-order chi connectivity index (χ0) is 7.84. The molecule has 1 nitrogen and oxygen atoms in total. The Hall–Kier alpha value is -0.500. The number of anilines is 1. The Balaban J connectivity index is 2.60. The summed E-state index contributed by atoms with van der Waals surface area (Å²) >= 11 is 3.48. The van der Waals surface area contributed by atoms with Crippen LogP contribution in [0.3, 0.4) is 0 Å². The van der Waals surface area contributed by atoms with Gasteiger partial charge >= 0.3 is 0 Å². The van der Waals surface area contributed by atoms with Crippen molar-refractivity contribution in [3.05, 3.63) is 27.7 Å². The minimum atomic E-state index is 1.09. The standard InChI is InChI=1S/C9H10BrN/c1-6-4-7(10)5-9-8(6)2-3-11-9/h4-5,11H,2-3H2,1H3. The minimum Gasteiger partial charge on any atom is -0.384 e. The lowest BCUT2D eigenvalue weighted by Crippen LogP contribution is -1.90. The van der Waals surface area contributed by atoms with Gasteiger partial charge in [-0.05, 0) is 36.6 Å². The zero-order valence-electron chi connectivity index (χ0n) is 6.45. The lowest BCUT2D eigenvalue weighted by atomic mass is 10.1. The highest BCUT2D eigenvalue weighted by Crippen LogP contribution is 2.29. The first-order chi connectivity index (χ1) is 5.27. The number of benzene rings is 1. The molecule has 2 rings (SSSR count). The maximum atomic E-state index is 3.48. The average Bonchev–Trinajstić information content (AvgIpc) is 2.34. The highest BCUT2D eigenvalue weighted by molar-refractivity contribution is 9.10. The van der Waals surface area contributed by atoms with E-state index >= 15 is 0 Å². The second-order valence-corrected chi connectivity index (χ2v) is 3.84. The van der Waals surface area contributed by atoms with E-state index in [0.29, 0.717) is 0 Å². The number of rotatable bonds is 0. The van der Waals surface area contributed by atoms with Gasteiger partial charge in [0.15, 0.2) is 0 Å². The normalized spacial score (nSPS) is 14.4. The van der Waals surface area contributed by atoms with E-state index in [2.05, 4.69) is 40.3 Å². The predicted molar refractivity (Wildman–Crippen MR) is 51.1 cm³/mol. The van der Waals surface area contributed by atoms with E-state index in [4.69, 9.17) is 0 Å². The first-order valence-corrected chi connectivity index (χ1v) is 4.59. The molecule has 0 radical (unpaired) electrons. The van der Waals surface area contributed by atoms with Gasteiger partial charge in [0, 0.05) is 16.7 Å². The first kappa shape index (κ1) is 7.17. The van der Waals surface area contributed by atoms with E-state index in [1.165, 1.54) is 27.7 Å². The molecule has 0 aliphatic carbocycles. The number of hydrogen-bond donors (Lipinski definition) is 1. The Morgan fingerprint density at radius 2 is 2.27 bits per heavy atom. The van der Waals surface area contributed by atoms with Crippen LogP contribution >= 0.6 is 15.9 Å². The SMILES string of the molecule is Cc1cc(Br)cc2c1CCN2. The van der Waals surface area contributed by atoms with Gasteiger partial charge < -0.3 is 5.32 Å². The number of halogens is 1. The highest BCUT2D eigenvalue weighted by Gasteiger charge is 2.12. The molecule has 1 aromatic rings. The van der Waals surface area contributed by atoms with Crippen LogP contribution < -0.4 is 5.32 Å². The number of nitrogens with one attached hydrogen (secondary N) is 1. The summed E-state index contributed by atoms with van der Waals surface area (Å²) in [5.74, 6) is 0. The van der Waals surface area contributed by atoms with E-state index in [0.717, 1.165) is 6.54 Å². The van der Waals surface area contributed by atoms with Gasteiger partial charge in [-0.25, -0.2) is 0 Å². The molecule has 58 valence electrons. The molecule has 0 fully saturated rings. The van der Waals surface area contributed by atoms with Crippen LogP contribution in [0.5, 0.6) is 0 Å². The Morgan fingerprint density at radius 1 is 1.45 bits per heavy atom. The summed E-state index contributed by atoms with van der Waals surface area (Å²) in [6, 6.07) is 4.32. The molecule has 0 unspecified atom stereocenters. The van der Waals surface area contributed by atoms with E-state index in [1.54, 1.807) is 0 Å². The van der Waals surface area contributed by atoms with Crippen LogP contribution in [0.25, 0.3) is 0 Å². The number of aryl methyl sites for hydroxylation is 1. The Kier molecular flexibility index (Phi) is 1.64. The van der Waals surface area contributed by atoms with Crippen LogP contribution in [0.2, 0.25) is 0 Å². The van der Waals surface area contributed by atoms with Gasteiger partial charge in [0.2, 0.25) is 0 Å². The van der Waals surface area contributed by atoms with Crippen LogP contribution in [0.1, 0.15) is 11.1 Å². The van der Waals surface area contributed by atoms with Crippen LogP contribution in [-0.4, -0.2) is 6.54 Å². The molecule has 0 atom stereocenters. The smallest absolute Gasteiger partial charge is 0.0387 e. The first-order valence-electron chi connectivity index (χ1n) is 3.80. The van der Waals surface area contributed by atoms with Crippen LogP contribution in [-0.2, 0) is 6.42 Å². The van der Waals surface area contributed by atoms with Gasteiger partial charge in [0.05, 0.1) is 0 Å². The molecule has 2 heteroatoms. The molecular weight excluding hydrogens is 202 g/mol. The summed E-state index contributed by atoms with van der Waals surface area (Å²) in [6.45, 7) is 3.25. The quantitative estimate of drug-likeness (QED) is 0.697. The van der Waals surface area contributed by atoms with Gasteiger partial charge in [-0.1, -0.05) is 15.9 Å². The van der Waals surface area contributed by atoms with Gasteiger partial charge in [0.25, 0.3) is 0 Å². The summed E-state index contributed by atoms with van der Waals surface area (Å²) in [7, 11) is 0. The third-order valence-electron chi connectivity index (χ3n) is 2.13. The second-order valence-electron chi connectivity index (χ2n) is 2.93. The Bertz CT molecular complexity index is 294. The van der Waals surface area contributed by atoms with Crippen molar-refractivity contribution in [2.45, 2.75) is 13.3 Å². The van der Waals surface area contributed by atoms with E-state index < -0.39 is 0 Å². The summed E-state index contributed by atoms with van der Waals surface area (Å²) < 4.78 is 1.17. The molecule has 1 N–H and O–H groups in total. The highest BCUT2D eigenvalue weighted by atomic mass is 79.9. The molecule has 1 aromatic carbocycles. The largest absolute Gasteiger partial charge is 0.384 e. The third-order valence-corrected chi connectivity index (χ3v) is 2.59. The summed E-state index contributed by atoms with van der Waals surface area (Å²) in [4.78, 5) is 0. The molecule has 0 spiro atoms. The van der Waals surface area contributed by atoms with Crippen molar-refractivity contribution in [1.29, 1.82) is 0 Å². The van der Waals surface area contributed by atoms with E-state index in [-0.39, 0.29) is 0 Å². The van der Waals surface area contributed by atoms with Crippen molar-refractivity contribution in [3.63, 3.8) is 0 Å². The fourth-order valence-corrected chi connectivity index (χ4v) is 2.16. The topological polar surface area (TPSA) is 12.0 Å². The van der Waals surface area contributed by atoms with Crippen molar-refractivity contribution in [2.24, 2.45) is 0 Å². The molecule has 1 aliphatic heterocycles. The van der Waals surface area contributed by atoms with Crippen molar-refractivity contribution >= 4 is 21.6 Å². The molecule has 1 heterocycles. The van der Waals surface area contributed by atoms with Gasteiger partial charge in [-0.15, -0.1) is 0 Å². The fourth-order valence-electron chi connectivity index (χ4n) is 1.58.